The Hall–Kier alpha value is -0.580. The molecule has 0 saturated carbocycles. The summed E-state index contributed by atoms with van der Waals surface area (Å²) in [5, 5.41) is 0.675. The number of nitrogens with zero attached hydrogens (tertiary/aromatic N) is 2. The van der Waals surface area contributed by atoms with E-state index < -0.39 is 0 Å². The molecule has 0 aliphatic heterocycles. The van der Waals surface area contributed by atoms with Crippen LogP contribution >= 0.6 is 27.5 Å². The van der Waals surface area contributed by atoms with Crippen molar-refractivity contribution in [3.63, 3.8) is 0 Å². The van der Waals surface area contributed by atoms with Gasteiger partial charge in [0.15, 0.2) is 0 Å². The molecular formula is C8H7BrClN3. The molecule has 0 spiro atoms. The van der Waals surface area contributed by atoms with E-state index in [1.165, 1.54) is 0 Å². The van der Waals surface area contributed by atoms with Crippen LogP contribution in [0.5, 0.6) is 0 Å². The van der Waals surface area contributed by atoms with Gasteiger partial charge in [0.25, 0.3) is 0 Å². The maximum Gasteiger partial charge on any atom is 0.138 e. The number of hydrogen-bond acceptors (Lipinski definition) is 2. The highest BCUT2D eigenvalue weighted by molar-refractivity contribution is 9.10. The van der Waals surface area contributed by atoms with Crippen LogP contribution in [0.4, 0.5) is 0 Å². The molecule has 0 unspecified atom stereocenters. The molecule has 0 amide bonds. The predicted octanol–water partition coefficient (Wildman–Crippen LogP) is 2.21. The lowest BCUT2D eigenvalue weighted by Crippen LogP contribution is -1.96. The average molecular weight is 261 g/mol. The Morgan fingerprint density at radius 2 is 2.31 bits per heavy atom. The number of rotatable bonds is 1. The molecule has 13 heavy (non-hydrogen) atoms. The van der Waals surface area contributed by atoms with Crippen LogP contribution in [0.25, 0.3) is 5.65 Å². The van der Waals surface area contributed by atoms with Crippen LogP contribution in [-0.4, -0.2) is 9.38 Å². The lowest BCUT2D eigenvalue weighted by atomic mass is 10.5. The summed E-state index contributed by atoms with van der Waals surface area (Å²) >= 11 is 9.25. The van der Waals surface area contributed by atoms with E-state index in [0.717, 1.165) is 15.9 Å². The van der Waals surface area contributed by atoms with Gasteiger partial charge in [-0.05, 0) is 28.1 Å². The Kier molecular flexibility index (Phi) is 2.27. The van der Waals surface area contributed by atoms with Crippen molar-refractivity contribution in [3.05, 3.63) is 33.6 Å². The van der Waals surface area contributed by atoms with Gasteiger partial charge in [-0.15, -0.1) is 0 Å². The second kappa shape index (κ2) is 3.29. The van der Waals surface area contributed by atoms with Gasteiger partial charge in [-0.1, -0.05) is 11.6 Å². The topological polar surface area (TPSA) is 43.3 Å². The van der Waals surface area contributed by atoms with Gasteiger partial charge in [0.05, 0.1) is 10.7 Å². The second-order valence-electron chi connectivity index (χ2n) is 2.63. The third-order valence-corrected chi connectivity index (χ3v) is 2.85. The van der Waals surface area contributed by atoms with Crippen molar-refractivity contribution < 1.29 is 0 Å². The number of imidazole rings is 1. The van der Waals surface area contributed by atoms with Crippen molar-refractivity contribution in [2.75, 3.05) is 0 Å². The standard InChI is InChI=1S/C8H7BrClN3/c9-8-6(3-11)12-7-2-1-5(10)4-13(7)8/h1-2,4H,3,11H2. The Morgan fingerprint density at radius 3 is 3.00 bits per heavy atom. The maximum atomic E-state index is 5.84. The zero-order chi connectivity index (χ0) is 9.42. The van der Waals surface area contributed by atoms with Crippen molar-refractivity contribution in [3.8, 4) is 0 Å². The molecule has 0 bridgehead atoms. The number of aromatic nitrogens is 2. The molecule has 2 heterocycles. The first kappa shape index (κ1) is 8.99. The molecule has 2 N–H and O–H groups in total. The van der Waals surface area contributed by atoms with E-state index in [9.17, 15) is 0 Å². The van der Waals surface area contributed by atoms with E-state index in [2.05, 4.69) is 20.9 Å². The molecule has 2 aromatic heterocycles. The predicted molar refractivity (Wildman–Crippen MR) is 55.8 cm³/mol. The first-order valence-electron chi connectivity index (χ1n) is 3.74. The summed E-state index contributed by atoms with van der Waals surface area (Å²) in [4.78, 5) is 4.30. The summed E-state index contributed by atoms with van der Waals surface area (Å²) in [6.07, 6.45) is 1.80. The molecule has 2 rings (SSSR count). The van der Waals surface area contributed by atoms with Gasteiger partial charge >= 0.3 is 0 Å². The van der Waals surface area contributed by atoms with Gasteiger partial charge in [-0.25, -0.2) is 4.98 Å². The first-order valence-corrected chi connectivity index (χ1v) is 4.91. The SMILES string of the molecule is NCc1nc2ccc(Cl)cn2c1Br. The van der Waals surface area contributed by atoms with Gasteiger partial charge in [-0.2, -0.15) is 0 Å². The Morgan fingerprint density at radius 1 is 1.54 bits per heavy atom. The summed E-state index contributed by atoms with van der Waals surface area (Å²) in [6, 6.07) is 3.66. The zero-order valence-corrected chi connectivity index (χ0v) is 9.01. The van der Waals surface area contributed by atoms with E-state index in [-0.39, 0.29) is 0 Å². The van der Waals surface area contributed by atoms with Gasteiger partial charge in [0.2, 0.25) is 0 Å². The summed E-state index contributed by atoms with van der Waals surface area (Å²) in [6.45, 7) is 0.417. The summed E-state index contributed by atoms with van der Waals surface area (Å²) in [5.74, 6) is 0. The van der Waals surface area contributed by atoms with Crippen molar-refractivity contribution in [2.45, 2.75) is 6.54 Å². The van der Waals surface area contributed by atoms with Crippen LogP contribution in [0.15, 0.2) is 22.9 Å². The average Bonchev–Trinajstić information content (AvgIpc) is 2.44. The van der Waals surface area contributed by atoms with Crippen molar-refractivity contribution in [1.82, 2.24) is 9.38 Å². The van der Waals surface area contributed by atoms with Crippen LogP contribution in [0, 0.1) is 0 Å². The minimum atomic E-state index is 0.417. The monoisotopic (exact) mass is 259 g/mol. The summed E-state index contributed by atoms with van der Waals surface area (Å²) in [5.41, 5.74) is 7.19. The third kappa shape index (κ3) is 1.45. The van der Waals surface area contributed by atoms with Crippen LogP contribution < -0.4 is 5.73 Å². The number of fused-ring (bicyclic) bond motifs is 1. The molecule has 0 aromatic carbocycles. The molecular weight excluding hydrogens is 253 g/mol. The molecule has 0 atom stereocenters. The summed E-state index contributed by atoms with van der Waals surface area (Å²) in [7, 11) is 0. The number of hydrogen-bond donors (Lipinski definition) is 1. The van der Waals surface area contributed by atoms with Crippen LogP contribution in [0.3, 0.4) is 0 Å². The molecule has 0 fully saturated rings. The molecule has 0 radical (unpaired) electrons. The molecule has 0 saturated heterocycles. The first-order chi connectivity index (χ1) is 6.22. The molecule has 5 heteroatoms. The van der Waals surface area contributed by atoms with Gasteiger partial charge in [0, 0.05) is 12.7 Å². The van der Waals surface area contributed by atoms with E-state index in [1.54, 1.807) is 12.3 Å². The van der Waals surface area contributed by atoms with Gasteiger partial charge < -0.3 is 5.73 Å². The van der Waals surface area contributed by atoms with E-state index >= 15 is 0 Å². The fraction of sp³-hybridized carbons (Fsp3) is 0.125. The fourth-order valence-corrected chi connectivity index (χ4v) is 1.86. The highest BCUT2D eigenvalue weighted by atomic mass is 79.9. The minimum Gasteiger partial charge on any atom is -0.325 e. The van der Waals surface area contributed by atoms with E-state index in [4.69, 9.17) is 17.3 Å². The second-order valence-corrected chi connectivity index (χ2v) is 3.82. The fourth-order valence-electron chi connectivity index (χ4n) is 1.17. The van der Waals surface area contributed by atoms with Crippen molar-refractivity contribution >= 4 is 33.2 Å². The molecule has 2 aromatic rings. The van der Waals surface area contributed by atoms with Crippen LogP contribution in [0.1, 0.15) is 5.69 Å². The maximum absolute atomic E-state index is 5.84. The lowest BCUT2D eigenvalue weighted by molar-refractivity contribution is 1.00. The highest BCUT2D eigenvalue weighted by Crippen LogP contribution is 2.20. The largest absolute Gasteiger partial charge is 0.325 e. The van der Waals surface area contributed by atoms with Crippen LogP contribution in [0.2, 0.25) is 5.02 Å². The Bertz CT molecular complexity index is 452. The molecule has 3 nitrogen and oxygen atoms in total. The van der Waals surface area contributed by atoms with E-state index in [0.29, 0.717) is 11.6 Å². The zero-order valence-electron chi connectivity index (χ0n) is 6.67. The van der Waals surface area contributed by atoms with Crippen molar-refractivity contribution in [1.29, 1.82) is 0 Å². The quantitative estimate of drug-likeness (QED) is 0.854. The van der Waals surface area contributed by atoms with Crippen LogP contribution in [-0.2, 0) is 6.54 Å². The highest BCUT2D eigenvalue weighted by Gasteiger charge is 2.07. The number of nitrogens with two attached hydrogens (primary N) is 1. The molecule has 0 aliphatic carbocycles. The number of pyridine rings is 1. The Balaban J connectivity index is 2.77. The minimum absolute atomic E-state index is 0.417. The van der Waals surface area contributed by atoms with E-state index in [1.807, 2.05) is 10.5 Å². The Labute approximate surface area is 88.6 Å². The number of halogens is 2. The molecule has 0 aliphatic rings. The normalized spacial score (nSPS) is 11.0. The molecule has 68 valence electrons. The van der Waals surface area contributed by atoms with Gasteiger partial charge in [-0.3, -0.25) is 4.40 Å². The summed E-state index contributed by atoms with van der Waals surface area (Å²) < 4.78 is 2.73. The third-order valence-electron chi connectivity index (χ3n) is 1.78. The smallest absolute Gasteiger partial charge is 0.138 e. The van der Waals surface area contributed by atoms with Gasteiger partial charge in [0.1, 0.15) is 10.3 Å². The van der Waals surface area contributed by atoms with Crippen molar-refractivity contribution in [2.24, 2.45) is 5.73 Å². The lowest BCUT2D eigenvalue weighted by Gasteiger charge is -1.95.